The van der Waals surface area contributed by atoms with Gasteiger partial charge < -0.3 is 9.30 Å². The smallest absolute Gasteiger partial charge is 0.138 e. The summed E-state index contributed by atoms with van der Waals surface area (Å²) in [7, 11) is 0. The highest BCUT2D eigenvalue weighted by molar-refractivity contribution is 5.14. The van der Waals surface area contributed by atoms with Crippen LogP contribution in [0.3, 0.4) is 0 Å². The molecular formula is C13H20N4O. The van der Waals surface area contributed by atoms with Crippen LogP contribution in [0.15, 0.2) is 12.5 Å². The first-order chi connectivity index (χ1) is 8.72. The Labute approximate surface area is 108 Å². The molecule has 1 N–H and O–H groups in total. The molecule has 0 saturated carbocycles. The van der Waals surface area contributed by atoms with Crippen molar-refractivity contribution in [2.75, 3.05) is 13.2 Å². The molecule has 1 saturated heterocycles. The maximum Gasteiger partial charge on any atom is 0.138 e. The van der Waals surface area contributed by atoms with Crippen molar-refractivity contribution in [3.8, 4) is 6.07 Å². The van der Waals surface area contributed by atoms with Gasteiger partial charge in [-0.25, -0.2) is 4.98 Å². The fraction of sp³-hybridized carbons (Fsp3) is 0.692. The van der Waals surface area contributed by atoms with Gasteiger partial charge >= 0.3 is 0 Å². The number of nitriles is 1. The zero-order chi connectivity index (χ0) is 13.0. The molecule has 0 amide bonds. The molecule has 5 heteroatoms. The average molecular weight is 248 g/mol. The minimum absolute atomic E-state index is 0.247. The van der Waals surface area contributed by atoms with Gasteiger partial charge in [-0.3, -0.25) is 5.32 Å². The van der Waals surface area contributed by atoms with Crippen molar-refractivity contribution < 1.29 is 4.74 Å². The van der Waals surface area contributed by atoms with Gasteiger partial charge in [0.1, 0.15) is 6.04 Å². The first-order valence-electron chi connectivity index (χ1n) is 6.48. The highest BCUT2D eigenvalue weighted by atomic mass is 16.5. The fourth-order valence-corrected chi connectivity index (χ4v) is 2.24. The van der Waals surface area contributed by atoms with Crippen molar-refractivity contribution in [3.63, 3.8) is 0 Å². The summed E-state index contributed by atoms with van der Waals surface area (Å²) >= 11 is 0. The predicted octanol–water partition coefficient (Wildman–Crippen LogP) is 1.80. The third-order valence-electron chi connectivity index (χ3n) is 3.25. The lowest BCUT2D eigenvalue weighted by molar-refractivity contribution is 0.108. The van der Waals surface area contributed by atoms with E-state index >= 15 is 0 Å². The predicted molar refractivity (Wildman–Crippen MR) is 67.9 cm³/mol. The summed E-state index contributed by atoms with van der Waals surface area (Å²) < 4.78 is 7.57. The highest BCUT2D eigenvalue weighted by Crippen LogP contribution is 2.18. The van der Waals surface area contributed by atoms with E-state index in [9.17, 15) is 5.26 Å². The van der Waals surface area contributed by atoms with Gasteiger partial charge in [0.15, 0.2) is 0 Å². The van der Waals surface area contributed by atoms with E-state index in [-0.39, 0.29) is 12.1 Å². The number of nitrogens with zero attached hydrogens (tertiary/aromatic N) is 3. The van der Waals surface area contributed by atoms with E-state index in [1.165, 1.54) is 0 Å². The topological polar surface area (TPSA) is 62.9 Å². The number of rotatable bonds is 5. The zero-order valence-electron chi connectivity index (χ0n) is 11.0. The Morgan fingerprint density at radius 2 is 2.50 bits per heavy atom. The van der Waals surface area contributed by atoms with Crippen molar-refractivity contribution >= 4 is 0 Å². The van der Waals surface area contributed by atoms with Crippen LogP contribution in [0.5, 0.6) is 0 Å². The quantitative estimate of drug-likeness (QED) is 0.863. The molecule has 0 spiro atoms. The number of aromatic nitrogens is 2. The molecule has 1 aromatic rings. The molecule has 2 heterocycles. The number of hydrogen-bond donors (Lipinski definition) is 1. The monoisotopic (exact) mass is 248 g/mol. The molecule has 1 fully saturated rings. The molecular weight excluding hydrogens is 228 g/mol. The van der Waals surface area contributed by atoms with Crippen LogP contribution in [-0.4, -0.2) is 28.8 Å². The second kappa shape index (κ2) is 5.98. The van der Waals surface area contributed by atoms with Gasteiger partial charge in [0.25, 0.3) is 0 Å². The molecule has 98 valence electrons. The molecule has 1 aliphatic heterocycles. The molecule has 0 aliphatic carbocycles. The van der Waals surface area contributed by atoms with Crippen molar-refractivity contribution in [1.29, 1.82) is 5.26 Å². The molecule has 1 aromatic heterocycles. The van der Waals surface area contributed by atoms with Crippen LogP contribution in [0.1, 0.15) is 44.5 Å². The average Bonchev–Trinajstić information content (AvgIpc) is 2.99. The Bertz CT molecular complexity index is 415. The van der Waals surface area contributed by atoms with E-state index in [1.54, 1.807) is 12.5 Å². The molecule has 0 radical (unpaired) electrons. The summed E-state index contributed by atoms with van der Waals surface area (Å²) in [4.78, 5) is 4.13. The largest absolute Gasteiger partial charge is 0.377 e. The second-order valence-electron chi connectivity index (χ2n) is 4.92. The van der Waals surface area contributed by atoms with Crippen LogP contribution in [-0.2, 0) is 4.74 Å². The Kier molecular flexibility index (Phi) is 4.34. The van der Waals surface area contributed by atoms with Gasteiger partial charge in [-0.15, -0.1) is 0 Å². The van der Waals surface area contributed by atoms with Gasteiger partial charge in [0.2, 0.25) is 0 Å². The number of nitrogens with one attached hydrogen (secondary N) is 1. The van der Waals surface area contributed by atoms with Gasteiger partial charge in [-0.2, -0.15) is 5.26 Å². The lowest BCUT2D eigenvalue weighted by atomic mass is 10.2. The van der Waals surface area contributed by atoms with Crippen molar-refractivity contribution in [2.24, 2.45) is 0 Å². The normalized spacial score (nSPS) is 21.1. The zero-order valence-corrected chi connectivity index (χ0v) is 11.0. The SMILES string of the molecule is CC(C)n1cncc1C(C#N)NCC1CCCO1. The maximum absolute atomic E-state index is 9.28. The van der Waals surface area contributed by atoms with Crippen LogP contribution >= 0.6 is 0 Å². The molecule has 0 bridgehead atoms. The van der Waals surface area contributed by atoms with Crippen molar-refractivity contribution in [3.05, 3.63) is 18.2 Å². The van der Waals surface area contributed by atoms with Crippen LogP contribution in [0, 0.1) is 11.3 Å². The van der Waals surface area contributed by atoms with Gasteiger partial charge in [0, 0.05) is 19.2 Å². The lowest BCUT2D eigenvalue weighted by Crippen LogP contribution is -2.30. The molecule has 2 atom stereocenters. The Morgan fingerprint density at radius 1 is 1.67 bits per heavy atom. The van der Waals surface area contributed by atoms with E-state index in [2.05, 4.69) is 30.2 Å². The van der Waals surface area contributed by atoms with Crippen LogP contribution in [0.4, 0.5) is 0 Å². The second-order valence-corrected chi connectivity index (χ2v) is 4.92. The minimum atomic E-state index is -0.320. The molecule has 18 heavy (non-hydrogen) atoms. The fourth-order valence-electron chi connectivity index (χ4n) is 2.24. The third-order valence-corrected chi connectivity index (χ3v) is 3.25. The van der Waals surface area contributed by atoms with E-state index in [0.29, 0.717) is 6.04 Å². The molecule has 5 nitrogen and oxygen atoms in total. The van der Waals surface area contributed by atoms with E-state index < -0.39 is 0 Å². The van der Waals surface area contributed by atoms with Crippen LogP contribution in [0.2, 0.25) is 0 Å². The first kappa shape index (κ1) is 13.1. The van der Waals surface area contributed by atoms with E-state index in [0.717, 1.165) is 31.7 Å². The standard InChI is InChI=1S/C13H20N4O/c1-10(2)17-9-15-8-13(17)12(6-14)16-7-11-4-3-5-18-11/h8-12,16H,3-5,7H2,1-2H3. The number of hydrogen-bond acceptors (Lipinski definition) is 4. The summed E-state index contributed by atoms with van der Waals surface area (Å²) in [6.45, 7) is 5.73. The van der Waals surface area contributed by atoms with Crippen LogP contribution in [0.25, 0.3) is 0 Å². The third kappa shape index (κ3) is 2.89. The summed E-state index contributed by atoms with van der Waals surface area (Å²) in [6.07, 6.45) is 5.98. The number of imidazole rings is 1. The summed E-state index contributed by atoms with van der Waals surface area (Å²) in [5.74, 6) is 0. The summed E-state index contributed by atoms with van der Waals surface area (Å²) in [5, 5.41) is 12.5. The Morgan fingerprint density at radius 3 is 3.11 bits per heavy atom. The summed E-state index contributed by atoms with van der Waals surface area (Å²) in [6, 6.07) is 2.28. The highest BCUT2D eigenvalue weighted by Gasteiger charge is 2.20. The Balaban J connectivity index is 1.99. The molecule has 2 unspecified atom stereocenters. The van der Waals surface area contributed by atoms with E-state index in [4.69, 9.17) is 4.74 Å². The molecule has 1 aliphatic rings. The summed E-state index contributed by atoms with van der Waals surface area (Å²) in [5.41, 5.74) is 0.922. The van der Waals surface area contributed by atoms with Gasteiger partial charge in [-0.05, 0) is 26.7 Å². The van der Waals surface area contributed by atoms with Gasteiger partial charge in [0.05, 0.1) is 30.4 Å². The first-order valence-corrected chi connectivity index (χ1v) is 6.48. The molecule has 2 rings (SSSR count). The lowest BCUT2D eigenvalue weighted by Gasteiger charge is -2.18. The Hall–Kier alpha value is -1.38. The molecule has 0 aromatic carbocycles. The minimum Gasteiger partial charge on any atom is -0.377 e. The van der Waals surface area contributed by atoms with E-state index in [1.807, 2.05) is 4.57 Å². The van der Waals surface area contributed by atoms with Crippen molar-refractivity contribution in [2.45, 2.75) is 44.9 Å². The van der Waals surface area contributed by atoms with Crippen molar-refractivity contribution in [1.82, 2.24) is 14.9 Å². The number of ether oxygens (including phenoxy) is 1. The van der Waals surface area contributed by atoms with Gasteiger partial charge in [-0.1, -0.05) is 0 Å². The van der Waals surface area contributed by atoms with Crippen LogP contribution < -0.4 is 5.32 Å². The maximum atomic E-state index is 9.28.